The third-order valence-electron chi connectivity index (χ3n) is 4.24. The lowest BCUT2D eigenvalue weighted by Crippen LogP contribution is -2.36. The first-order chi connectivity index (χ1) is 11.2. The fraction of sp³-hybridized carbons (Fsp3) is 0.474. The van der Waals surface area contributed by atoms with Gasteiger partial charge in [-0.2, -0.15) is 0 Å². The monoisotopic (exact) mass is 330 g/mol. The van der Waals surface area contributed by atoms with Crippen LogP contribution in [-0.2, 0) is 9.59 Å². The molecule has 0 fully saturated rings. The summed E-state index contributed by atoms with van der Waals surface area (Å²) in [7, 11) is 3.85. The molecule has 0 spiro atoms. The second-order valence-electron chi connectivity index (χ2n) is 6.90. The first-order valence-corrected chi connectivity index (χ1v) is 8.23. The first-order valence-electron chi connectivity index (χ1n) is 8.23. The van der Waals surface area contributed by atoms with Crippen LogP contribution in [-0.4, -0.2) is 53.8 Å². The maximum Gasteiger partial charge on any atom is 0.290 e. The average molecular weight is 330 g/mol. The van der Waals surface area contributed by atoms with Crippen molar-refractivity contribution in [3.05, 3.63) is 46.7 Å². The first kappa shape index (κ1) is 18.2. The molecule has 0 aromatic heterocycles. The number of carbonyl (C=O) groups is 2. The standard InChI is InChI=1S/C19H26N2O3/c1-12(2)17(22)15-16(14-8-6-7-13(3)11-14)21(10-9-20(4)5)19(24)18(15)23/h6-8,11-12,16,23H,9-10H2,1-5H3. The Balaban J connectivity index is 2.50. The minimum atomic E-state index is -0.521. The van der Waals surface area contributed by atoms with E-state index in [9.17, 15) is 14.7 Å². The van der Waals surface area contributed by atoms with Crippen molar-refractivity contribution in [3.63, 3.8) is 0 Å². The summed E-state index contributed by atoms with van der Waals surface area (Å²) in [5, 5.41) is 10.4. The van der Waals surface area contributed by atoms with Crippen LogP contribution >= 0.6 is 0 Å². The summed E-state index contributed by atoms with van der Waals surface area (Å²) >= 11 is 0. The lowest BCUT2D eigenvalue weighted by molar-refractivity contribution is -0.129. The molecule has 0 radical (unpaired) electrons. The second kappa shape index (κ2) is 7.18. The van der Waals surface area contributed by atoms with E-state index in [-0.39, 0.29) is 17.3 Å². The summed E-state index contributed by atoms with van der Waals surface area (Å²) in [4.78, 5) is 28.8. The van der Waals surface area contributed by atoms with E-state index in [0.717, 1.165) is 11.1 Å². The number of rotatable bonds is 6. The predicted octanol–water partition coefficient (Wildman–Crippen LogP) is 2.48. The van der Waals surface area contributed by atoms with E-state index in [4.69, 9.17) is 0 Å². The number of amides is 1. The molecule has 0 saturated carbocycles. The Bertz CT molecular complexity index is 677. The van der Waals surface area contributed by atoms with Gasteiger partial charge in [-0.1, -0.05) is 43.7 Å². The van der Waals surface area contributed by atoms with E-state index >= 15 is 0 Å². The van der Waals surface area contributed by atoms with Crippen LogP contribution in [0.5, 0.6) is 0 Å². The summed E-state index contributed by atoms with van der Waals surface area (Å²) in [5.74, 6) is -1.33. The molecule has 0 bridgehead atoms. The summed E-state index contributed by atoms with van der Waals surface area (Å²) in [5.41, 5.74) is 2.13. The van der Waals surface area contributed by atoms with Crippen LogP contribution in [0.25, 0.3) is 0 Å². The highest BCUT2D eigenvalue weighted by molar-refractivity contribution is 6.09. The fourth-order valence-electron chi connectivity index (χ4n) is 2.94. The summed E-state index contributed by atoms with van der Waals surface area (Å²) in [6, 6.07) is 7.23. The van der Waals surface area contributed by atoms with Gasteiger partial charge in [-0.05, 0) is 26.6 Å². The Kier molecular flexibility index (Phi) is 5.44. The van der Waals surface area contributed by atoms with E-state index in [2.05, 4.69) is 0 Å². The van der Waals surface area contributed by atoms with Gasteiger partial charge in [0.2, 0.25) is 0 Å². The Labute approximate surface area is 143 Å². The molecule has 1 aliphatic rings. The fourth-order valence-corrected chi connectivity index (χ4v) is 2.94. The molecule has 1 amide bonds. The number of aliphatic hydroxyl groups excluding tert-OH is 1. The number of benzene rings is 1. The number of likely N-dealkylation sites (N-methyl/N-ethyl adjacent to an activating group) is 1. The van der Waals surface area contributed by atoms with Crippen molar-refractivity contribution in [2.45, 2.75) is 26.8 Å². The number of carbonyl (C=O) groups excluding carboxylic acids is 2. The SMILES string of the molecule is Cc1cccc(C2C(C(=O)C(C)C)=C(O)C(=O)N2CCN(C)C)c1. The topological polar surface area (TPSA) is 60.9 Å². The molecule has 0 aliphatic carbocycles. The van der Waals surface area contributed by atoms with E-state index in [1.54, 1.807) is 18.7 Å². The molecule has 1 heterocycles. The van der Waals surface area contributed by atoms with Crippen LogP contribution in [0.4, 0.5) is 0 Å². The number of hydrogen-bond donors (Lipinski definition) is 1. The summed E-state index contributed by atoms with van der Waals surface area (Å²) in [6.45, 7) is 6.64. The Morgan fingerprint density at radius 2 is 2.00 bits per heavy atom. The molecule has 2 rings (SSSR count). The molecule has 1 aliphatic heterocycles. The lowest BCUT2D eigenvalue weighted by Gasteiger charge is -2.28. The molecule has 1 unspecified atom stereocenters. The van der Waals surface area contributed by atoms with Gasteiger partial charge in [0.05, 0.1) is 11.6 Å². The van der Waals surface area contributed by atoms with Crippen molar-refractivity contribution in [1.82, 2.24) is 9.80 Å². The van der Waals surface area contributed by atoms with Gasteiger partial charge in [0.1, 0.15) is 0 Å². The Morgan fingerprint density at radius 3 is 2.54 bits per heavy atom. The van der Waals surface area contributed by atoms with Crippen LogP contribution < -0.4 is 0 Å². The van der Waals surface area contributed by atoms with Gasteiger partial charge < -0.3 is 14.9 Å². The molecule has 1 N–H and O–H groups in total. The molecule has 130 valence electrons. The van der Waals surface area contributed by atoms with Crippen molar-refractivity contribution in [1.29, 1.82) is 0 Å². The molecular formula is C19H26N2O3. The van der Waals surface area contributed by atoms with Gasteiger partial charge in [-0.3, -0.25) is 9.59 Å². The van der Waals surface area contributed by atoms with Crippen LogP contribution in [0.15, 0.2) is 35.6 Å². The minimum absolute atomic E-state index is 0.181. The van der Waals surface area contributed by atoms with Crippen LogP contribution in [0, 0.1) is 12.8 Å². The second-order valence-corrected chi connectivity index (χ2v) is 6.90. The average Bonchev–Trinajstić information content (AvgIpc) is 2.76. The summed E-state index contributed by atoms with van der Waals surface area (Å²) in [6.07, 6.45) is 0. The molecule has 24 heavy (non-hydrogen) atoms. The molecule has 5 heteroatoms. The molecule has 0 saturated heterocycles. The summed E-state index contributed by atoms with van der Waals surface area (Å²) < 4.78 is 0. The third-order valence-corrected chi connectivity index (χ3v) is 4.24. The number of ketones is 1. The van der Waals surface area contributed by atoms with Gasteiger partial charge in [-0.15, -0.1) is 0 Å². The highest BCUT2D eigenvalue weighted by Gasteiger charge is 2.43. The number of aryl methyl sites for hydroxylation is 1. The number of Topliss-reactive ketones (excluding diaryl/α,β-unsaturated/α-hetero) is 1. The Morgan fingerprint density at radius 1 is 1.33 bits per heavy atom. The van der Waals surface area contributed by atoms with E-state index in [0.29, 0.717) is 13.1 Å². The van der Waals surface area contributed by atoms with Crippen molar-refractivity contribution >= 4 is 11.7 Å². The zero-order valence-electron chi connectivity index (χ0n) is 15.0. The quantitative estimate of drug-likeness (QED) is 0.870. The van der Waals surface area contributed by atoms with E-state index in [1.807, 2.05) is 50.2 Å². The maximum absolute atomic E-state index is 12.6. The highest BCUT2D eigenvalue weighted by atomic mass is 16.3. The van der Waals surface area contributed by atoms with Gasteiger partial charge in [-0.25, -0.2) is 0 Å². The van der Waals surface area contributed by atoms with Gasteiger partial charge in [0.15, 0.2) is 11.5 Å². The van der Waals surface area contributed by atoms with Crippen molar-refractivity contribution in [3.8, 4) is 0 Å². The number of nitrogens with zero attached hydrogens (tertiary/aromatic N) is 2. The zero-order valence-corrected chi connectivity index (χ0v) is 15.0. The molecule has 5 nitrogen and oxygen atoms in total. The predicted molar refractivity (Wildman–Crippen MR) is 93.7 cm³/mol. The largest absolute Gasteiger partial charge is 0.503 e. The zero-order chi connectivity index (χ0) is 18.0. The van der Waals surface area contributed by atoms with Gasteiger partial charge >= 0.3 is 0 Å². The van der Waals surface area contributed by atoms with Crippen LogP contribution in [0.2, 0.25) is 0 Å². The Hall–Kier alpha value is -2.14. The minimum Gasteiger partial charge on any atom is -0.503 e. The van der Waals surface area contributed by atoms with E-state index < -0.39 is 17.7 Å². The van der Waals surface area contributed by atoms with Gasteiger partial charge in [0, 0.05) is 19.0 Å². The van der Waals surface area contributed by atoms with Gasteiger partial charge in [0.25, 0.3) is 5.91 Å². The normalized spacial score (nSPS) is 18.2. The molecular weight excluding hydrogens is 304 g/mol. The molecule has 1 aromatic carbocycles. The van der Waals surface area contributed by atoms with Crippen LogP contribution in [0.1, 0.15) is 31.0 Å². The molecule has 1 atom stereocenters. The smallest absolute Gasteiger partial charge is 0.290 e. The van der Waals surface area contributed by atoms with Crippen molar-refractivity contribution in [2.24, 2.45) is 5.92 Å². The van der Waals surface area contributed by atoms with Crippen molar-refractivity contribution in [2.75, 3.05) is 27.2 Å². The number of aliphatic hydroxyl groups is 1. The third kappa shape index (κ3) is 3.51. The highest BCUT2D eigenvalue weighted by Crippen LogP contribution is 2.38. The van der Waals surface area contributed by atoms with Crippen LogP contribution in [0.3, 0.4) is 0 Å². The maximum atomic E-state index is 12.6. The number of hydrogen-bond acceptors (Lipinski definition) is 4. The molecule has 1 aromatic rings. The van der Waals surface area contributed by atoms with E-state index in [1.165, 1.54) is 0 Å². The lowest BCUT2D eigenvalue weighted by atomic mass is 9.91. The van der Waals surface area contributed by atoms with Crippen molar-refractivity contribution < 1.29 is 14.7 Å².